The molecule has 0 amide bonds. The van der Waals surface area contributed by atoms with Crippen molar-refractivity contribution in [3.8, 4) is 6.07 Å². The summed E-state index contributed by atoms with van der Waals surface area (Å²) in [5, 5.41) is 9.27. The van der Waals surface area contributed by atoms with Crippen molar-refractivity contribution in [2.24, 2.45) is 0 Å². The molecule has 0 unspecified atom stereocenters. The van der Waals surface area contributed by atoms with Crippen LogP contribution in [0.3, 0.4) is 0 Å². The molecule has 94 valence electrons. The van der Waals surface area contributed by atoms with E-state index in [1.54, 1.807) is 0 Å². The Labute approximate surface area is 108 Å². The zero-order valence-corrected chi connectivity index (χ0v) is 10.6. The van der Waals surface area contributed by atoms with E-state index in [-0.39, 0.29) is 24.4 Å². The monoisotopic (exact) mass is 242 g/mol. The summed E-state index contributed by atoms with van der Waals surface area (Å²) in [4.78, 5) is 2.27. The average molecular weight is 242 g/mol. The first-order chi connectivity index (χ1) is 8.81. The van der Waals surface area contributed by atoms with Crippen LogP contribution < -0.4 is 0 Å². The summed E-state index contributed by atoms with van der Waals surface area (Å²) in [6.45, 7) is 2.17. The van der Waals surface area contributed by atoms with Crippen LogP contribution in [0.4, 0.5) is 0 Å². The van der Waals surface area contributed by atoms with Crippen molar-refractivity contribution in [1.29, 1.82) is 5.26 Å². The maximum Gasteiger partial charge on any atom is 0.112 e. The Morgan fingerprint density at radius 3 is 2.78 bits per heavy atom. The number of nitriles is 1. The van der Waals surface area contributed by atoms with Gasteiger partial charge in [-0.1, -0.05) is 30.3 Å². The second kappa shape index (κ2) is 4.72. The molecule has 0 aliphatic carbocycles. The van der Waals surface area contributed by atoms with Crippen molar-refractivity contribution in [3.05, 3.63) is 35.9 Å². The van der Waals surface area contributed by atoms with Crippen molar-refractivity contribution in [1.82, 2.24) is 4.90 Å². The second-order valence-electron chi connectivity index (χ2n) is 5.19. The smallest absolute Gasteiger partial charge is 0.112 e. The van der Waals surface area contributed by atoms with E-state index in [9.17, 15) is 5.26 Å². The number of benzene rings is 1. The zero-order valence-electron chi connectivity index (χ0n) is 10.6. The molecule has 2 heterocycles. The third-order valence-corrected chi connectivity index (χ3v) is 4.11. The molecule has 0 bridgehead atoms. The summed E-state index contributed by atoms with van der Waals surface area (Å²) >= 11 is 0. The van der Waals surface area contributed by atoms with Gasteiger partial charge in [0.2, 0.25) is 0 Å². The van der Waals surface area contributed by atoms with E-state index in [1.165, 1.54) is 5.56 Å². The first kappa shape index (κ1) is 11.7. The first-order valence-corrected chi connectivity index (χ1v) is 6.68. The maximum absolute atomic E-state index is 9.27. The molecule has 0 N–H and O–H groups in total. The molecule has 0 spiro atoms. The van der Waals surface area contributed by atoms with E-state index in [4.69, 9.17) is 4.74 Å². The Morgan fingerprint density at radius 2 is 2.06 bits per heavy atom. The van der Waals surface area contributed by atoms with Gasteiger partial charge in [0.1, 0.15) is 12.3 Å². The number of nitrogens with zero attached hydrogens (tertiary/aromatic N) is 2. The van der Waals surface area contributed by atoms with Gasteiger partial charge in [-0.25, -0.2) is 0 Å². The molecule has 2 fully saturated rings. The highest BCUT2D eigenvalue weighted by atomic mass is 16.5. The molecule has 2 aliphatic heterocycles. The Morgan fingerprint density at radius 1 is 1.28 bits per heavy atom. The standard InChI is InChI=1S/C15H18N2O/c1-11-15(12-6-3-2-4-7-12)18-14-9-5-8-13(10-16)17(11)14/h2-4,6-7,11,13-15H,5,8-9H2,1H3/t11-,13+,14-,15-/m1/s1. The minimum atomic E-state index is 0.0208. The van der Waals surface area contributed by atoms with E-state index in [0.29, 0.717) is 0 Å². The van der Waals surface area contributed by atoms with Crippen LogP contribution in [0.1, 0.15) is 37.9 Å². The largest absolute Gasteiger partial charge is 0.354 e. The van der Waals surface area contributed by atoms with E-state index in [2.05, 4.69) is 30.0 Å². The van der Waals surface area contributed by atoms with Crippen molar-refractivity contribution < 1.29 is 4.74 Å². The van der Waals surface area contributed by atoms with Gasteiger partial charge in [0, 0.05) is 6.04 Å². The van der Waals surface area contributed by atoms with Crippen LogP contribution in [0, 0.1) is 11.3 Å². The quantitative estimate of drug-likeness (QED) is 0.759. The number of hydrogen-bond donors (Lipinski definition) is 0. The predicted octanol–water partition coefficient (Wildman–Crippen LogP) is 2.85. The molecule has 2 aliphatic rings. The van der Waals surface area contributed by atoms with Gasteiger partial charge < -0.3 is 4.74 Å². The lowest BCUT2D eigenvalue weighted by Crippen LogP contribution is -2.46. The number of fused-ring (bicyclic) bond motifs is 1. The number of hydrogen-bond acceptors (Lipinski definition) is 3. The third-order valence-electron chi connectivity index (χ3n) is 4.11. The van der Waals surface area contributed by atoms with E-state index in [1.807, 2.05) is 18.2 Å². The third kappa shape index (κ3) is 1.82. The summed E-state index contributed by atoms with van der Waals surface area (Å²) in [6.07, 6.45) is 3.34. The fourth-order valence-corrected chi connectivity index (χ4v) is 3.24. The average Bonchev–Trinajstić information content (AvgIpc) is 2.77. The summed E-state index contributed by atoms with van der Waals surface area (Å²) < 4.78 is 6.17. The van der Waals surface area contributed by atoms with Crippen molar-refractivity contribution >= 4 is 0 Å². The molecule has 0 aromatic heterocycles. The summed E-state index contributed by atoms with van der Waals surface area (Å²) in [5.41, 5.74) is 1.22. The maximum atomic E-state index is 9.27. The molecule has 3 nitrogen and oxygen atoms in total. The van der Waals surface area contributed by atoms with Crippen LogP contribution >= 0.6 is 0 Å². The van der Waals surface area contributed by atoms with Gasteiger partial charge >= 0.3 is 0 Å². The predicted molar refractivity (Wildman–Crippen MR) is 68.6 cm³/mol. The molecular formula is C15H18N2O. The number of ether oxygens (including phenoxy) is 1. The topological polar surface area (TPSA) is 36.3 Å². The van der Waals surface area contributed by atoms with Gasteiger partial charge in [0.25, 0.3) is 0 Å². The Balaban J connectivity index is 1.87. The van der Waals surface area contributed by atoms with Crippen LogP contribution in [0.15, 0.2) is 30.3 Å². The van der Waals surface area contributed by atoms with Gasteiger partial charge in [-0.05, 0) is 31.7 Å². The molecule has 1 aromatic carbocycles. The molecule has 0 radical (unpaired) electrons. The molecule has 18 heavy (non-hydrogen) atoms. The van der Waals surface area contributed by atoms with Gasteiger partial charge in [0.05, 0.1) is 12.2 Å². The molecule has 0 saturated carbocycles. The van der Waals surface area contributed by atoms with E-state index < -0.39 is 0 Å². The normalized spacial score (nSPS) is 36.0. The lowest BCUT2D eigenvalue weighted by Gasteiger charge is -2.34. The van der Waals surface area contributed by atoms with Crippen LogP contribution in [-0.2, 0) is 4.74 Å². The molecule has 1 aromatic rings. The summed E-state index contributed by atoms with van der Waals surface area (Å²) in [7, 11) is 0. The minimum absolute atomic E-state index is 0.0208. The first-order valence-electron chi connectivity index (χ1n) is 6.68. The van der Waals surface area contributed by atoms with Crippen LogP contribution in [0.25, 0.3) is 0 Å². The lowest BCUT2D eigenvalue weighted by atomic mass is 9.98. The van der Waals surface area contributed by atoms with Gasteiger partial charge in [-0.2, -0.15) is 5.26 Å². The van der Waals surface area contributed by atoms with Crippen LogP contribution in [0.2, 0.25) is 0 Å². The molecule has 2 saturated heterocycles. The fraction of sp³-hybridized carbons (Fsp3) is 0.533. The van der Waals surface area contributed by atoms with Gasteiger partial charge in [0.15, 0.2) is 0 Å². The zero-order chi connectivity index (χ0) is 12.5. The van der Waals surface area contributed by atoms with Crippen molar-refractivity contribution in [3.63, 3.8) is 0 Å². The van der Waals surface area contributed by atoms with Gasteiger partial charge in [-0.3, -0.25) is 4.90 Å². The summed E-state index contributed by atoms with van der Waals surface area (Å²) in [5.74, 6) is 0. The number of rotatable bonds is 1. The van der Waals surface area contributed by atoms with Crippen LogP contribution in [-0.4, -0.2) is 23.2 Å². The summed E-state index contributed by atoms with van der Waals surface area (Å²) in [6, 6.07) is 13.1. The van der Waals surface area contributed by atoms with E-state index in [0.717, 1.165) is 19.3 Å². The Hall–Kier alpha value is -1.37. The second-order valence-corrected chi connectivity index (χ2v) is 5.19. The highest BCUT2D eigenvalue weighted by Crippen LogP contribution is 2.40. The molecule has 3 rings (SSSR count). The van der Waals surface area contributed by atoms with E-state index >= 15 is 0 Å². The fourth-order valence-electron chi connectivity index (χ4n) is 3.24. The minimum Gasteiger partial charge on any atom is -0.354 e. The molecule has 4 atom stereocenters. The SMILES string of the molecule is C[C@@H]1[C@H](c2ccccc2)O[C@@H]2CCC[C@@H](C#N)N12. The highest BCUT2D eigenvalue weighted by Gasteiger charge is 2.45. The molecule has 3 heteroatoms. The number of piperidine rings is 1. The Kier molecular flexibility index (Phi) is 3.07. The highest BCUT2D eigenvalue weighted by molar-refractivity contribution is 5.21. The molecular weight excluding hydrogens is 224 g/mol. The lowest BCUT2D eigenvalue weighted by molar-refractivity contribution is -0.0314. The van der Waals surface area contributed by atoms with Crippen molar-refractivity contribution in [2.45, 2.75) is 50.6 Å². The van der Waals surface area contributed by atoms with Gasteiger partial charge in [-0.15, -0.1) is 0 Å². The van der Waals surface area contributed by atoms with Crippen molar-refractivity contribution in [2.75, 3.05) is 0 Å². The van der Waals surface area contributed by atoms with Crippen LogP contribution in [0.5, 0.6) is 0 Å². The Bertz CT molecular complexity index is 453.